The van der Waals surface area contributed by atoms with Crippen LogP contribution in [0.1, 0.15) is 0 Å². The number of benzene rings is 1. The lowest BCUT2D eigenvalue weighted by molar-refractivity contribution is -0.122. The largest absolute Gasteiger partial charge is 0.494 e. The molecule has 0 aliphatic heterocycles. The van der Waals surface area contributed by atoms with Gasteiger partial charge in [0.2, 0.25) is 0 Å². The van der Waals surface area contributed by atoms with Gasteiger partial charge in [0.05, 0.1) is 7.11 Å². The normalized spacial score (nSPS) is 10.9. The Balaban J connectivity index is 2.57. The number of rotatable bonds is 3. The quantitative estimate of drug-likeness (QED) is 0.826. The van der Waals surface area contributed by atoms with E-state index < -0.39 is 24.6 Å². The van der Waals surface area contributed by atoms with Crippen LogP contribution in [0.5, 0.6) is 5.75 Å². The zero-order valence-electron chi connectivity index (χ0n) is 9.27. The molecule has 8 heteroatoms. The highest BCUT2D eigenvalue weighted by atomic mass is 19.4. The molecular weight excluding hydrogens is 256 g/mol. The molecule has 1 rings (SSSR count). The molecule has 0 bridgehead atoms. The lowest BCUT2D eigenvalue weighted by Gasteiger charge is -2.10. The van der Waals surface area contributed by atoms with Crippen LogP contribution in [0, 0.1) is 5.82 Å². The number of halogens is 4. The van der Waals surface area contributed by atoms with Crippen LogP contribution in [-0.4, -0.2) is 25.9 Å². The number of hydrogen-bond donors (Lipinski definition) is 2. The van der Waals surface area contributed by atoms with Crippen molar-refractivity contribution in [3.8, 4) is 5.75 Å². The van der Waals surface area contributed by atoms with Gasteiger partial charge in [0.1, 0.15) is 6.54 Å². The van der Waals surface area contributed by atoms with E-state index in [0.717, 1.165) is 6.07 Å². The molecule has 1 aromatic carbocycles. The van der Waals surface area contributed by atoms with E-state index in [-0.39, 0.29) is 11.4 Å². The molecule has 4 nitrogen and oxygen atoms in total. The number of ether oxygens (including phenoxy) is 1. The van der Waals surface area contributed by atoms with Crippen molar-refractivity contribution in [3.05, 3.63) is 24.0 Å². The fourth-order valence-electron chi connectivity index (χ4n) is 1.10. The van der Waals surface area contributed by atoms with Crippen molar-refractivity contribution >= 4 is 11.7 Å². The molecular formula is C10H10F4N2O2. The van der Waals surface area contributed by atoms with E-state index in [4.69, 9.17) is 0 Å². The first-order valence-electron chi connectivity index (χ1n) is 4.77. The van der Waals surface area contributed by atoms with Crippen molar-refractivity contribution in [3.63, 3.8) is 0 Å². The summed E-state index contributed by atoms with van der Waals surface area (Å²) in [7, 11) is 1.27. The second-order valence-corrected chi connectivity index (χ2v) is 3.27. The highest BCUT2D eigenvalue weighted by Crippen LogP contribution is 2.20. The average molecular weight is 266 g/mol. The Kier molecular flexibility index (Phi) is 4.35. The molecule has 1 aromatic rings. The lowest BCUT2D eigenvalue weighted by Crippen LogP contribution is -2.36. The van der Waals surface area contributed by atoms with Crippen LogP contribution in [0.15, 0.2) is 18.2 Å². The number of carbonyl (C=O) groups is 1. The Labute approximate surface area is 99.9 Å². The van der Waals surface area contributed by atoms with Gasteiger partial charge < -0.3 is 15.4 Å². The van der Waals surface area contributed by atoms with Crippen molar-refractivity contribution in [1.29, 1.82) is 0 Å². The maximum absolute atomic E-state index is 13.2. The van der Waals surface area contributed by atoms with Crippen LogP contribution in [0.2, 0.25) is 0 Å². The van der Waals surface area contributed by atoms with Crippen molar-refractivity contribution < 1.29 is 27.1 Å². The summed E-state index contributed by atoms with van der Waals surface area (Å²) in [5.74, 6) is -0.762. The molecule has 0 saturated heterocycles. The molecule has 2 N–H and O–H groups in total. The van der Waals surface area contributed by atoms with Gasteiger partial charge in [-0.25, -0.2) is 9.18 Å². The number of hydrogen-bond acceptors (Lipinski definition) is 2. The highest BCUT2D eigenvalue weighted by Gasteiger charge is 2.27. The summed E-state index contributed by atoms with van der Waals surface area (Å²) in [6, 6.07) is 2.41. The Morgan fingerprint density at radius 1 is 1.39 bits per heavy atom. The molecule has 100 valence electrons. The van der Waals surface area contributed by atoms with Crippen molar-refractivity contribution in [2.45, 2.75) is 6.18 Å². The topological polar surface area (TPSA) is 50.4 Å². The number of carbonyl (C=O) groups excluding carboxylic acids is 1. The predicted molar refractivity (Wildman–Crippen MR) is 56.0 cm³/mol. The Bertz CT molecular complexity index is 434. The summed E-state index contributed by atoms with van der Waals surface area (Å²) in [6.07, 6.45) is -4.50. The Hall–Kier alpha value is -1.99. The second kappa shape index (κ2) is 5.56. The average Bonchev–Trinajstić information content (AvgIpc) is 2.26. The van der Waals surface area contributed by atoms with Gasteiger partial charge in [0, 0.05) is 11.8 Å². The summed E-state index contributed by atoms with van der Waals surface area (Å²) in [5.41, 5.74) is 0.0213. The molecule has 2 amide bonds. The van der Waals surface area contributed by atoms with Gasteiger partial charge in [-0.05, 0) is 12.1 Å². The SMILES string of the molecule is COc1ccc(NC(=O)NCC(F)(F)F)cc1F. The summed E-state index contributed by atoms with van der Waals surface area (Å²) in [4.78, 5) is 11.0. The molecule has 0 radical (unpaired) electrons. The molecule has 0 fully saturated rings. The van der Waals surface area contributed by atoms with Gasteiger partial charge in [0.25, 0.3) is 0 Å². The molecule has 0 aliphatic carbocycles. The number of urea groups is 1. The second-order valence-electron chi connectivity index (χ2n) is 3.27. The zero-order valence-corrected chi connectivity index (χ0v) is 9.27. The summed E-state index contributed by atoms with van der Waals surface area (Å²) >= 11 is 0. The van der Waals surface area contributed by atoms with E-state index in [1.165, 1.54) is 19.2 Å². The van der Waals surface area contributed by atoms with Crippen molar-refractivity contribution in [1.82, 2.24) is 5.32 Å². The molecule has 0 aromatic heterocycles. The number of methoxy groups -OCH3 is 1. The first-order chi connectivity index (χ1) is 8.31. The Morgan fingerprint density at radius 2 is 2.06 bits per heavy atom. The van der Waals surface area contributed by atoms with Gasteiger partial charge in [-0.15, -0.1) is 0 Å². The number of nitrogens with one attached hydrogen (secondary N) is 2. The lowest BCUT2D eigenvalue weighted by atomic mass is 10.3. The standard InChI is InChI=1S/C10H10F4N2O2/c1-18-8-3-2-6(4-7(8)11)16-9(17)15-5-10(12,13)14/h2-4H,5H2,1H3,(H2,15,16,17). The third-order valence-corrected chi connectivity index (χ3v) is 1.86. The summed E-state index contributed by atoms with van der Waals surface area (Å²) < 4.78 is 53.2. The van der Waals surface area contributed by atoms with Crippen LogP contribution >= 0.6 is 0 Å². The van der Waals surface area contributed by atoms with Gasteiger partial charge in [-0.2, -0.15) is 13.2 Å². The minimum Gasteiger partial charge on any atom is -0.494 e. The molecule has 0 atom stereocenters. The highest BCUT2D eigenvalue weighted by molar-refractivity contribution is 5.89. The van der Waals surface area contributed by atoms with Crippen LogP contribution in [0.25, 0.3) is 0 Å². The number of amides is 2. The van der Waals surface area contributed by atoms with Crippen LogP contribution in [0.4, 0.5) is 28.0 Å². The minimum absolute atomic E-state index is 0.0213. The smallest absolute Gasteiger partial charge is 0.405 e. The molecule has 0 spiro atoms. The fourth-order valence-corrected chi connectivity index (χ4v) is 1.10. The molecule has 0 aliphatic rings. The first kappa shape index (κ1) is 14.1. The third-order valence-electron chi connectivity index (χ3n) is 1.86. The minimum atomic E-state index is -4.50. The maximum Gasteiger partial charge on any atom is 0.405 e. The fraction of sp³-hybridized carbons (Fsp3) is 0.300. The van der Waals surface area contributed by atoms with Crippen LogP contribution in [-0.2, 0) is 0 Å². The number of alkyl halides is 3. The van der Waals surface area contributed by atoms with Gasteiger partial charge in [-0.3, -0.25) is 0 Å². The van der Waals surface area contributed by atoms with E-state index in [0.29, 0.717) is 0 Å². The molecule has 0 unspecified atom stereocenters. The first-order valence-corrected chi connectivity index (χ1v) is 4.77. The van der Waals surface area contributed by atoms with Crippen molar-refractivity contribution in [2.75, 3.05) is 19.0 Å². The monoisotopic (exact) mass is 266 g/mol. The Morgan fingerprint density at radius 3 is 2.56 bits per heavy atom. The maximum atomic E-state index is 13.2. The predicted octanol–water partition coefficient (Wildman–Crippen LogP) is 2.52. The van der Waals surface area contributed by atoms with Gasteiger partial charge >= 0.3 is 12.2 Å². The summed E-state index contributed by atoms with van der Waals surface area (Å²) in [6.45, 7) is -1.46. The van der Waals surface area contributed by atoms with Gasteiger partial charge in [-0.1, -0.05) is 0 Å². The molecule has 18 heavy (non-hydrogen) atoms. The van der Waals surface area contributed by atoms with Gasteiger partial charge in [0.15, 0.2) is 11.6 Å². The van der Waals surface area contributed by atoms with E-state index >= 15 is 0 Å². The van der Waals surface area contributed by atoms with E-state index in [9.17, 15) is 22.4 Å². The van der Waals surface area contributed by atoms with E-state index in [1.54, 1.807) is 5.32 Å². The molecule has 0 heterocycles. The summed E-state index contributed by atoms with van der Waals surface area (Å²) in [5, 5.41) is 3.65. The van der Waals surface area contributed by atoms with E-state index in [2.05, 4.69) is 10.1 Å². The third kappa shape index (κ3) is 4.48. The van der Waals surface area contributed by atoms with Crippen LogP contribution in [0.3, 0.4) is 0 Å². The zero-order chi connectivity index (χ0) is 13.8. The van der Waals surface area contributed by atoms with Crippen molar-refractivity contribution in [2.24, 2.45) is 0 Å². The van der Waals surface area contributed by atoms with Crippen LogP contribution < -0.4 is 15.4 Å². The van der Waals surface area contributed by atoms with E-state index in [1.807, 2.05) is 0 Å². The molecule has 0 saturated carbocycles. The number of anilines is 1.